The molecule has 0 saturated heterocycles. The van der Waals surface area contributed by atoms with Crippen molar-refractivity contribution in [1.29, 1.82) is 0 Å². The van der Waals surface area contributed by atoms with Crippen molar-refractivity contribution in [3.63, 3.8) is 0 Å². The fourth-order valence-electron chi connectivity index (χ4n) is 4.01. The molecule has 0 bridgehead atoms. The molecular weight excluding hydrogens is 485 g/mol. The average Bonchev–Trinajstić information content (AvgIpc) is 3.15. The molecule has 184 valence electrons. The molecule has 0 aliphatic carbocycles. The van der Waals surface area contributed by atoms with Crippen LogP contribution in [0.5, 0.6) is 11.6 Å². The Labute approximate surface area is 204 Å². The third-order valence-electron chi connectivity index (χ3n) is 5.63. The van der Waals surface area contributed by atoms with Gasteiger partial charge in [-0.3, -0.25) is 4.98 Å². The Morgan fingerprint density at radius 1 is 1.09 bits per heavy atom. The summed E-state index contributed by atoms with van der Waals surface area (Å²) in [4.78, 5) is 12.9. The van der Waals surface area contributed by atoms with Crippen molar-refractivity contribution in [2.45, 2.75) is 25.6 Å². The van der Waals surface area contributed by atoms with Gasteiger partial charge in [0, 0.05) is 29.9 Å². The van der Waals surface area contributed by atoms with Gasteiger partial charge in [-0.1, -0.05) is 23.7 Å². The summed E-state index contributed by atoms with van der Waals surface area (Å²) < 4.78 is 50.2. The van der Waals surface area contributed by atoms with Crippen molar-refractivity contribution in [2.24, 2.45) is 7.05 Å². The number of aliphatic hydroxyl groups is 1. The summed E-state index contributed by atoms with van der Waals surface area (Å²) in [6.07, 6.45) is -1.43. The van der Waals surface area contributed by atoms with Crippen LogP contribution in [0.2, 0.25) is 5.02 Å². The molecule has 1 unspecified atom stereocenters. The number of aromatic nitrogens is 4. The zero-order valence-corrected chi connectivity index (χ0v) is 20.1. The number of hydrogen-bond donors (Lipinski definition) is 1. The van der Waals surface area contributed by atoms with E-state index in [1.807, 2.05) is 6.92 Å². The van der Waals surface area contributed by atoms with Gasteiger partial charge in [-0.25, -0.2) is 9.97 Å². The third-order valence-corrected chi connectivity index (χ3v) is 6.01. The van der Waals surface area contributed by atoms with Crippen LogP contribution in [0.4, 0.5) is 13.2 Å². The fourth-order valence-corrected chi connectivity index (χ4v) is 4.30. The number of ether oxygens (including phenoxy) is 2. The minimum atomic E-state index is -4.58. The number of pyridine rings is 2. The lowest BCUT2D eigenvalue weighted by molar-refractivity contribution is -0.153. The highest BCUT2D eigenvalue weighted by atomic mass is 35.5. The monoisotopic (exact) mass is 506 g/mol. The van der Waals surface area contributed by atoms with Crippen LogP contribution in [0.1, 0.15) is 28.2 Å². The Morgan fingerprint density at radius 2 is 1.80 bits per heavy atom. The molecule has 0 radical (unpaired) electrons. The van der Waals surface area contributed by atoms with Crippen LogP contribution < -0.4 is 9.47 Å². The van der Waals surface area contributed by atoms with Gasteiger partial charge in [0.2, 0.25) is 5.75 Å². The van der Waals surface area contributed by atoms with Gasteiger partial charge in [0.05, 0.1) is 35.4 Å². The van der Waals surface area contributed by atoms with Crippen LogP contribution >= 0.6 is 11.6 Å². The number of imidazole rings is 1. The van der Waals surface area contributed by atoms with Crippen molar-refractivity contribution in [3.8, 4) is 11.6 Å². The average molecular weight is 507 g/mol. The Balaban J connectivity index is 1.96. The summed E-state index contributed by atoms with van der Waals surface area (Å²) in [6, 6.07) is 8.36. The minimum Gasteiger partial charge on any atom is -0.478 e. The highest BCUT2D eigenvalue weighted by Gasteiger charge is 2.39. The topological polar surface area (TPSA) is 82.3 Å². The van der Waals surface area contributed by atoms with Gasteiger partial charge < -0.3 is 19.1 Å². The van der Waals surface area contributed by atoms with E-state index in [1.54, 1.807) is 61.4 Å². The molecule has 4 aromatic rings. The summed E-state index contributed by atoms with van der Waals surface area (Å²) in [6.45, 7) is 2.03. The first-order valence-electron chi connectivity index (χ1n) is 10.5. The van der Waals surface area contributed by atoms with Gasteiger partial charge in [-0.2, -0.15) is 13.2 Å². The van der Waals surface area contributed by atoms with E-state index in [-0.39, 0.29) is 22.0 Å². The van der Waals surface area contributed by atoms with Crippen molar-refractivity contribution in [3.05, 3.63) is 76.1 Å². The summed E-state index contributed by atoms with van der Waals surface area (Å²) in [7, 11) is 3.01. The molecule has 3 aromatic heterocycles. The quantitative estimate of drug-likeness (QED) is 0.402. The van der Waals surface area contributed by atoms with Crippen LogP contribution in [0.25, 0.3) is 10.9 Å². The van der Waals surface area contributed by atoms with E-state index < -0.39 is 18.4 Å². The van der Waals surface area contributed by atoms with Gasteiger partial charge in [-0.15, -0.1) is 0 Å². The largest absolute Gasteiger partial charge is 0.478 e. The zero-order chi connectivity index (χ0) is 25.5. The second-order valence-electron chi connectivity index (χ2n) is 8.09. The predicted octanol–water partition coefficient (Wildman–Crippen LogP) is 4.87. The minimum absolute atomic E-state index is 0.121. The predicted molar refractivity (Wildman–Crippen MR) is 124 cm³/mol. The normalized spacial score (nSPS) is 13.6. The summed E-state index contributed by atoms with van der Waals surface area (Å²) in [5.74, 6) is -0.520. The van der Waals surface area contributed by atoms with Crippen LogP contribution in [-0.2, 0) is 12.6 Å². The molecule has 3 heterocycles. The van der Waals surface area contributed by atoms with E-state index in [1.165, 1.54) is 7.11 Å². The second-order valence-corrected chi connectivity index (χ2v) is 8.47. The number of nitrogens with zero attached hydrogens (tertiary/aromatic N) is 4. The maximum absolute atomic E-state index is 12.8. The maximum atomic E-state index is 12.8. The van der Waals surface area contributed by atoms with Crippen LogP contribution in [0.15, 0.2) is 42.9 Å². The van der Waals surface area contributed by atoms with Gasteiger partial charge in [0.15, 0.2) is 12.2 Å². The molecule has 1 N–H and O–H groups in total. The molecule has 0 saturated carbocycles. The number of alkyl halides is 3. The number of benzene rings is 1. The highest BCUT2D eigenvalue weighted by Crippen LogP contribution is 2.43. The van der Waals surface area contributed by atoms with E-state index in [0.717, 1.165) is 5.69 Å². The third kappa shape index (κ3) is 4.51. The Hall–Kier alpha value is -3.37. The molecule has 0 aliphatic heterocycles. The SMILES string of the molecule is COc1nc2ccc(C(O)(c3ccc(C)nc3)c3c(C)ncn3C)cc2c(Cl)c1OCC(F)(F)F. The summed E-state index contributed by atoms with van der Waals surface area (Å²) >= 11 is 6.51. The van der Waals surface area contributed by atoms with E-state index in [4.69, 9.17) is 21.1 Å². The molecule has 0 amide bonds. The molecule has 1 atom stereocenters. The van der Waals surface area contributed by atoms with E-state index in [2.05, 4.69) is 15.0 Å². The van der Waals surface area contributed by atoms with Gasteiger partial charge >= 0.3 is 6.18 Å². The Bertz CT molecular complexity index is 1370. The first kappa shape index (κ1) is 24.7. The zero-order valence-electron chi connectivity index (χ0n) is 19.3. The molecule has 4 rings (SSSR count). The van der Waals surface area contributed by atoms with Crippen molar-refractivity contribution in [2.75, 3.05) is 13.7 Å². The molecule has 0 aliphatic rings. The molecule has 7 nitrogen and oxygen atoms in total. The van der Waals surface area contributed by atoms with Crippen LogP contribution in [0.3, 0.4) is 0 Å². The fraction of sp³-hybridized carbons (Fsp3) is 0.292. The first-order chi connectivity index (χ1) is 16.5. The molecular formula is C24H22ClF3N4O3. The van der Waals surface area contributed by atoms with Crippen molar-refractivity contribution < 1.29 is 27.8 Å². The van der Waals surface area contributed by atoms with Gasteiger partial charge in [0.1, 0.15) is 0 Å². The summed E-state index contributed by atoms with van der Waals surface area (Å²) in [5, 5.41) is 12.4. The maximum Gasteiger partial charge on any atom is 0.422 e. The lowest BCUT2D eigenvalue weighted by atomic mass is 9.82. The van der Waals surface area contributed by atoms with Gasteiger partial charge in [0.25, 0.3) is 5.88 Å². The number of fused-ring (bicyclic) bond motifs is 1. The number of methoxy groups -OCH3 is 1. The molecule has 1 aromatic carbocycles. The van der Waals surface area contributed by atoms with Crippen molar-refractivity contribution in [1.82, 2.24) is 19.5 Å². The van der Waals surface area contributed by atoms with Crippen molar-refractivity contribution >= 4 is 22.5 Å². The molecule has 0 fully saturated rings. The van der Waals surface area contributed by atoms with E-state index in [9.17, 15) is 18.3 Å². The Kier molecular flexibility index (Phi) is 6.37. The second kappa shape index (κ2) is 9.01. The van der Waals surface area contributed by atoms with Crippen LogP contribution in [0, 0.1) is 13.8 Å². The smallest absolute Gasteiger partial charge is 0.422 e. The standard InChI is InChI=1S/C24H22ClF3N4O3/c1-13-5-6-16(10-29-13)24(33,21-14(2)30-12-32(21)3)15-7-8-18-17(9-15)19(25)20(22(31-18)34-4)35-11-23(26,27)28/h5-10,12,33H,11H2,1-4H3. The lowest BCUT2D eigenvalue weighted by Crippen LogP contribution is -2.32. The van der Waals surface area contributed by atoms with Gasteiger partial charge in [-0.05, 0) is 37.6 Å². The summed E-state index contributed by atoms with van der Waals surface area (Å²) in [5.41, 5.74) is 1.35. The number of rotatable bonds is 6. The number of aryl methyl sites for hydroxylation is 3. The Morgan fingerprint density at radius 3 is 2.37 bits per heavy atom. The molecule has 0 spiro atoms. The van der Waals surface area contributed by atoms with E-state index in [0.29, 0.717) is 28.0 Å². The molecule has 35 heavy (non-hydrogen) atoms. The highest BCUT2D eigenvalue weighted by molar-refractivity contribution is 6.37. The van der Waals surface area contributed by atoms with E-state index >= 15 is 0 Å². The van der Waals surface area contributed by atoms with Crippen LogP contribution in [-0.4, -0.2) is 44.5 Å². The number of halogens is 4. The number of hydrogen-bond acceptors (Lipinski definition) is 6. The lowest BCUT2D eigenvalue weighted by Gasteiger charge is -2.30. The molecule has 11 heteroatoms. The first-order valence-corrected chi connectivity index (χ1v) is 10.8.